The normalized spacial score (nSPS) is 18.8. The summed E-state index contributed by atoms with van der Waals surface area (Å²) >= 11 is 12.1. The molecule has 2 rings (SSSR count). The molecule has 1 atom stereocenters. The maximum atomic E-state index is 6.20. The van der Waals surface area contributed by atoms with E-state index >= 15 is 0 Å². The third-order valence-electron chi connectivity index (χ3n) is 3.48. The minimum atomic E-state index is 0.248. The fourth-order valence-corrected chi connectivity index (χ4v) is 2.83. The Balaban J connectivity index is 1.88. The van der Waals surface area contributed by atoms with E-state index in [4.69, 9.17) is 27.9 Å². The van der Waals surface area contributed by atoms with Gasteiger partial charge in [-0.15, -0.1) is 0 Å². The van der Waals surface area contributed by atoms with Gasteiger partial charge in [-0.2, -0.15) is 0 Å². The van der Waals surface area contributed by atoms with Gasteiger partial charge in [0.05, 0.1) is 0 Å². The summed E-state index contributed by atoms with van der Waals surface area (Å²) in [5.74, 6) is 0.715. The lowest BCUT2D eigenvalue weighted by Gasteiger charge is -2.24. The SMILES string of the molecule is C[C@@H](NCC1CCOCC1)c1ccc(Cl)cc1Cl. The molecule has 2 nitrogen and oxygen atoms in total. The molecule has 0 saturated carbocycles. The summed E-state index contributed by atoms with van der Waals surface area (Å²) in [5, 5.41) is 4.96. The van der Waals surface area contributed by atoms with Gasteiger partial charge in [0.25, 0.3) is 0 Å². The summed E-state index contributed by atoms with van der Waals surface area (Å²) < 4.78 is 5.36. The van der Waals surface area contributed by atoms with E-state index in [1.54, 1.807) is 6.07 Å². The lowest BCUT2D eigenvalue weighted by atomic mass is 9.99. The van der Waals surface area contributed by atoms with Gasteiger partial charge in [-0.1, -0.05) is 29.3 Å². The van der Waals surface area contributed by atoms with Gasteiger partial charge in [0, 0.05) is 29.3 Å². The van der Waals surface area contributed by atoms with E-state index in [0.29, 0.717) is 10.9 Å². The van der Waals surface area contributed by atoms with Crippen molar-refractivity contribution >= 4 is 23.2 Å². The van der Waals surface area contributed by atoms with Crippen LogP contribution >= 0.6 is 23.2 Å². The molecule has 1 saturated heterocycles. The lowest BCUT2D eigenvalue weighted by molar-refractivity contribution is 0.0656. The second kappa shape index (κ2) is 6.76. The highest BCUT2D eigenvalue weighted by Crippen LogP contribution is 2.26. The van der Waals surface area contributed by atoms with Crippen molar-refractivity contribution in [3.05, 3.63) is 33.8 Å². The second-order valence-corrected chi connectivity index (χ2v) is 5.70. The standard InChI is InChI=1S/C14H19Cl2NO/c1-10(13-3-2-12(15)8-14(13)16)17-9-11-4-6-18-7-5-11/h2-3,8,10-11,17H,4-7,9H2,1H3/t10-/m1/s1. The Morgan fingerprint density at radius 2 is 2.06 bits per heavy atom. The summed E-state index contributed by atoms with van der Waals surface area (Å²) in [5.41, 5.74) is 1.10. The first-order chi connectivity index (χ1) is 8.66. The Bertz CT molecular complexity index is 391. The van der Waals surface area contributed by atoms with E-state index < -0.39 is 0 Å². The van der Waals surface area contributed by atoms with E-state index in [1.165, 1.54) is 0 Å². The van der Waals surface area contributed by atoms with Crippen molar-refractivity contribution in [2.45, 2.75) is 25.8 Å². The number of ether oxygens (including phenoxy) is 1. The molecule has 1 aliphatic rings. The maximum Gasteiger partial charge on any atom is 0.0469 e. The molecular formula is C14H19Cl2NO. The van der Waals surface area contributed by atoms with Crippen LogP contribution in [0.25, 0.3) is 0 Å². The highest BCUT2D eigenvalue weighted by atomic mass is 35.5. The zero-order valence-electron chi connectivity index (χ0n) is 10.6. The molecule has 0 bridgehead atoms. The molecule has 100 valence electrons. The number of benzene rings is 1. The van der Waals surface area contributed by atoms with Crippen LogP contribution in [-0.4, -0.2) is 19.8 Å². The quantitative estimate of drug-likeness (QED) is 0.901. The van der Waals surface area contributed by atoms with Gasteiger partial charge in [-0.05, 0) is 49.9 Å². The van der Waals surface area contributed by atoms with Crippen LogP contribution in [-0.2, 0) is 4.74 Å². The first-order valence-electron chi connectivity index (χ1n) is 6.43. The molecule has 0 spiro atoms. The third-order valence-corrected chi connectivity index (χ3v) is 4.05. The summed E-state index contributed by atoms with van der Waals surface area (Å²) in [6.07, 6.45) is 2.29. The Labute approximate surface area is 119 Å². The van der Waals surface area contributed by atoms with Crippen LogP contribution in [0.15, 0.2) is 18.2 Å². The topological polar surface area (TPSA) is 21.3 Å². The fourth-order valence-electron chi connectivity index (χ4n) is 2.26. The zero-order chi connectivity index (χ0) is 13.0. The molecule has 4 heteroatoms. The monoisotopic (exact) mass is 287 g/mol. The molecule has 1 N–H and O–H groups in total. The molecule has 0 amide bonds. The van der Waals surface area contributed by atoms with Crippen LogP contribution in [0, 0.1) is 5.92 Å². The molecule has 1 heterocycles. The molecule has 0 aromatic heterocycles. The highest BCUT2D eigenvalue weighted by Gasteiger charge is 2.16. The van der Waals surface area contributed by atoms with Gasteiger partial charge in [-0.3, -0.25) is 0 Å². The lowest BCUT2D eigenvalue weighted by Crippen LogP contribution is -2.29. The van der Waals surface area contributed by atoms with Gasteiger partial charge < -0.3 is 10.1 Å². The Morgan fingerprint density at radius 1 is 1.33 bits per heavy atom. The highest BCUT2D eigenvalue weighted by molar-refractivity contribution is 6.35. The smallest absolute Gasteiger partial charge is 0.0469 e. The van der Waals surface area contributed by atoms with Crippen molar-refractivity contribution < 1.29 is 4.74 Å². The Hall–Kier alpha value is -0.280. The van der Waals surface area contributed by atoms with Gasteiger partial charge in [-0.25, -0.2) is 0 Å². The Morgan fingerprint density at radius 3 is 2.72 bits per heavy atom. The zero-order valence-corrected chi connectivity index (χ0v) is 12.1. The molecule has 1 fully saturated rings. The summed E-state index contributed by atoms with van der Waals surface area (Å²) in [6, 6.07) is 5.92. The molecule has 1 aromatic rings. The third kappa shape index (κ3) is 3.86. The summed E-state index contributed by atoms with van der Waals surface area (Å²) in [6.45, 7) is 4.93. The molecule has 0 radical (unpaired) electrons. The Kier molecular flexibility index (Phi) is 5.31. The van der Waals surface area contributed by atoms with E-state index in [-0.39, 0.29) is 6.04 Å². The van der Waals surface area contributed by atoms with Crippen molar-refractivity contribution in [1.29, 1.82) is 0 Å². The number of halogens is 2. The second-order valence-electron chi connectivity index (χ2n) is 4.85. The number of rotatable bonds is 4. The van der Waals surface area contributed by atoms with Gasteiger partial charge in [0.15, 0.2) is 0 Å². The van der Waals surface area contributed by atoms with Crippen LogP contribution in [0.3, 0.4) is 0 Å². The van der Waals surface area contributed by atoms with E-state index in [9.17, 15) is 0 Å². The average Bonchev–Trinajstić information content (AvgIpc) is 2.37. The van der Waals surface area contributed by atoms with E-state index in [1.807, 2.05) is 12.1 Å². The minimum Gasteiger partial charge on any atom is -0.381 e. The van der Waals surface area contributed by atoms with Gasteiger partial charge in [0.2, 0.25) is 0 Å². The van der Waals surface area contributed by atoms with E-state index in [2.05, 4.69) is 12.2 Å². The van der Waals surface area contributed by atoms with Crippen LogP contribution in [0.1, 0.15) is 31.4 Å². The first kappa shape index (κ1) is 14.1. The van der Waals surface area contributed by atoms with E-state index in [0.717, 1.165) is 43.2 Å². The minimum absolute atomic E-state index is 0.248. The number of hydrogen-bond acceptors (Lipinski definition) is 2. The maximum absolute atomic E-state index is 6.20. The van der Waals surface area contributed by atoms with Crippen LogP contribution in [0.2, 0.25) is 10.0 Å². The largest absolute Gasteiger partial charge is 0.381 e. The first-order valence-corrected chi connectivity index (χ1v) is 7.18. The molecule has 18 heavy (non-hydrogen) atoms. The fraction of sp³-hybridized carbons (Fsp3) is 0.571. The molecular weight excluding hydrogens is 269 g/mol. The van der Waals surface area contributed by atoms with Crippen molar-refractivity contribution in [3.63, 3.8) is 0 Å². The van der Waals surface area contributed by atoms with Gasteiger partial charge >= 0.3 is 0 Å². The predicted molar refractivity (Wildman–Crippen MR) is 76.4 cm³/mol. The molecule has 0 aliphatic carbocycles. The summed E-state index contributed by atoms with van der Waals surface area (Å²) in [7, 11) is 0. The average molecular weight is 288 g/mol. The van der Waals surface area contributed by atoms with Crippen molar-refractivity contribution in [3.8, 4) is 0 Å². The predicted octanol–water partition coefficient (Wildman–Crippen LogP) is 4.07. The molecule has 1 aromatic carbocycles. The van der Waals surface area contributed by atoms with Crippen molar-refractivity contribution in [2.75, 3.05) is 19.8 Å². The van der Waals surface area contributed by atoms with Crippen molar-refractivity contribution in [2.24, 2.45) is 5.92 Å². The van der Waals surface area contributed by atoms with Crippen LogP contribution in [0.4, 0.5) is 0 Å². The molecule has 0 unspecified atom stereocenters. The summed E-state index contributed by atoms with van der Waals surface area (Å²) in [4.78, 5) is 0. The number of nitrogens with one attached hydrogen (secondary N) is 1. The number of hydrogen-bond donors (Lipinski definition) is 1. The van der Waals surface area contributed by atoms with Crippen LogP contribution in [0.5, 0.6) is 0 Å². The van der Waals surface area contributed by atoms with Gasteiger partial charge in [0.1, 0.15) is 0 Å². The van der Waals surface area contributed by atoms with Crippen LogP contribution < -0.4 is 5.32 Å². The van der Waals surface area contributed by atoms with Crippen molar-refractivity contribution in [1.82, 2.24) is 5.32 Å². The molecule has 1 aliphatic heterocycles.